The number of thiol groups is 1. The lowest BCUT2D eigenvalue weighted by atomic mass is 10.1. The third kappa shape index (κ3) is 8.90. The topological polar surface area (TPSA) is 144 Å². The molecule has 2 amide bonds. The number of amides is 2. The predicted octanol–water partition coefficient (Wildman–Crippen LogP) is 6.17. The highest BCUT2D eigenvalue weighted by molar-refractivity contribution is 7.73. The summed E-state index contributed by atoms with van der Waals surface area (Å²) in [7, 11) is -2.30. The second-order valence-electron chi connectivity index (χ2n) is 10.3. The van der Waals surface area contributed by atoms with Crippen LogP contribution in [0.4, 0.5) is 55.6 Å². The van der Waals surface area contributed by atoms with Gasteiger partial charge in [-0.05, 0) is 54.1 Å². The van der Waals surface area contributed by atoms with Crippen LogP contribution in [0.3, 0.4) is 0 Å². The maximum absolute atomic E-state index is 15.2. The van der Waals surface area contributed by atoms with Crippen LogP contribution in [-0.4, -0.2) is 64.5 Å². The Morgan fingerprint density at radius 2 is 1.74 bits per heavy atom. The van der Waals surface area contributed by atoms with E-state index in [1.807, 2.05) is 5.32 Å². The van der Waals surface area contributed by atoms with Crippen LogP contribution in [0.5, 0.6) is 0 Å². The van der Waals surface area contributed by atoms with E-state index < -0.39 is 45.7 Å². The Labute approximate surface area is 267 Å². The SMILES string of the molecule is N=[SH](=O)c1cccc(Nc2ncc(-c3ccc(NC(=O)Nc4cc(C(F)(F)F)ccc4F)c(F)c3)c(NCCN3CCOCC3)n2)c1. The zero-order valence-corrected chi connectivity index (χ0v) is 25.4. The Bertz CT molecular complexity index is 1830. The number of hydrogen-bond donors (Lipinski definition) is 6. The monoisotopic (exact) mass is 676 g/mol. The quantitative estimate of drug-likeness (QED) is 0.0864. The number of aromatic nitrogens is 2. The molecule has 1 aromatic heterocycles. The summed E-state index contributed by atoms with van der Waals surface area (Å²) in [5.74, 6) is -1.45. The van der Waals surface area contributed by atoms with Crippen LogP contribution in [-0.2, 0) is 21.5 Å². The van der Waals surface area contributed by atoms with Gasteiger partial charge in [0.1, 0.15) is 17.5 Å². The summed E-state index contributed by atoms with van der Waals surface area (Å²) in [6.45, 7) is 3.95. The number of morpholine rings is 1. The van der Waals surface area contributed by atoms with E-state index in [1.165, 1.54) is 18.3 Å². The smallest absolute Gasteiger partial charge is 0.379 e. The Morgan fingerprint density at radius 1 is 0.979 bits per heavy atom. The molecule has 2 heterocycles. The van der Waals surface area contributed by atoms with E-state index in [0.717, 1.165) is 19.2 Å². The van der Waals surface area contributed by atoms with Gasteiger partial charge in [-0.2, -0.15) is 18.2 Å². The number of hydrogen-bond acceptors (Lipinski definition) is 9. The van der Waals surface area contributed by atoms with Crippen LogP contribution in [0.15, 0.2) is 71.8 Å². The van der Waals surface area contributed by atoms with Gasteiger partial charge in [0.05, 0.1) is 40.7 Å². The molecule has 4 aromatic rings. The number of nitrogens with zero attached hydrogens (tertiary/aromatic N) is 3. The minimum absolute atomic E-state index is 0.178. The normalized spacial score (nSPS) is 14.3. The van der Waals surface area contributed by atoms with E-state index in [9.17, 15) is 26.6 Å². The lowest BCUT2D eigenvalue weighted by Gasteiger charge is -2.26. The van der Waals surface area contributed by atoms with Crippen molar-refractivity contribution in [1.82, 2.24) is 14.9 Å². The van der Waals surface area contributed by atoms with Gasteiger partial charge in [-0.15, -0.1) is 0 Å². The minimum atomic E-state index is -4.76. The van der Waals surface area contributed by atoms with Gasteiger partial charge in [0.2, 0.25) is 5.95 Å². The molecule has 1 aliphatic rings. The lowest BCUT2D eigenvalue weighted by Crippen LogP contribution is -2.39. The molecule has 0 aliphatic carbocycles. The molecule has 0 radical (unpaired) electrons. The summed E-state index contributed by atoms with van der Waals surface area (Å²) in [5.41, 5.74) is -0.941. The predicted molar refractivity (Wildman–Crippen MR) is 167 cm³/mol. The van der Waals surface area contributed by atoms with Gasteiger partial charge in [0.25, 0.3) is 0 Å². The van der Waals surface area contributed by atoms with Crippen molar-refractivity contribution in [3.05, 3.63) is 84.1 Å². The number of alkyl halides is 3. The first-order chi connectivity index (χ1) is 22.5. The van der Waals surface area contributed by atoms with Crippen molar-refractivity contribution in [3.63, 3.8) is 0 Å². The van der Waals surface area contributed by atoms with Gasteiger partial charge in [0, 0.05) is 48.5 Å². The first-order valence-electron chi connectivity index (χ1n) is 14.2. The van der Waals surface area contributed by atoms with E-state index in [2.05, 4.69) is 30.8 Å². The Hall–Kier alpha value is -4.87. The van der Waals surface area contributed by atoms with Crippen molar-refractivity contribution in [3.8, 4) is 11.1 Å². The first kappa shape index (κ1) is 33.5. The number of carbonyl (C=O) groups excluding carboxylic acids is 1. The fraction of sp³-hybridized carbons (Fsp3) is 0.233. The van der Waals surface area contributed by atoms with Crippen molar-refractivity contribution < 1.29 is 35.7 Å². The molecular weight excluding hydrogens is 647 g/mol. The molecule has 3 aromatic carbocycles. The zero-order chi connectivity index (χ0) is 33.6. The first-order valence-corrected chi connectivity index (χ1v) is 15.4. The van der Waals surface area contributed by atoms with Gasteiger partial charge >= 0.3 is 12.2 Å². The van der Waals surface area contributed by atoms with Crippen LogP contribution in [0.2, 0.25) is 0 Å². The van der Waals surface area contributed by atoms with Gasteiger partial charge in [0.15, 0.2) is 0 Å². The molecule has 1 saturated heterocycles. The van der Waals surface area contributed by atoms with Gasteiger partial charge in [-0.3, -0.25) is 9.68 Å². The van der Waals surface area contributed by atoms with Crippen LogP contribution in [0.1, 0.15) is 5.56 Å². The van der Waals surface area contributed by atoms with Gasteiger partial charge < -0.3 is 26.0 Å². The molecular formula is C30H29F5N8O3S. The molecule has 248 valence electrons. The molecule has 1 unspecified atom stereocenters. The largest absolute Gasteiger partial charge is 0.416 e. The Balaban J connectivity index is 1.35. The van der Waals surface area contributed by atoms with Crippen LogP contribution < -0.4 is 21.3 Å². The third-order valence-electron chi connectivity index (χ3n) is 7.02. The van der Waals surface area contributed by atoms with Crippen molar-refractivity contribution in [2.45, 2.75) is 11.1 Å². The van der Waals surface area contributed by atoms with Crippen LogP contribution in [0.25, 0.3) is 11.1 Å². The Morgan fingerprint density at radius 3 is 2.47 bits per heavy atom. The molecule has 47 heavy (non-hydrogen) atoms. The van der Waals surface area contributed by atoms with E-state index in [4.69, 9.17) is 9.52 Å². The maximum Gasteiger partial charge on any atom is 0.416 e. The third-order valence-corrected chi connectivity index (χ3v) is 7.77. The number of carbonyl (C=O) groups is 1. The standard InChI is InChI=1S/C30H29F5N8O3S/c31-23-6-5-19(30(33,34)35)15-26(23)41-29(44)40-25-7-4-18(14-24(25)32)22-17-38-28(39-20-2-1-3-21(16-20)47(36)45)42-27(22)37-8-9-43-10-12-46-13-11-43/h1-7,14-17,36,47H,8-13H2,(H2,40,41,44)(H2,37,38,39,42). The molecule has 1 fully saturated rings. The zero-order valence-electron chi connectivity index (χ0n) is 24.5. The van der Waals surface area contributed by atoms with E-state index >= 15 is 4.39 Å². The molecule has 1 aliphatic heterocycles. The summed E-state index contributed by atoms with van der Waals surface area (Å²) in [4.78, 5) is 23.9. The highest BCUT2D eigenvalue weighted by Crippen LogP contribution is 2.33. The van der Waals surface area contributed by atoms with Crippen molar-refractivity contribution in [2.75, 3.05) is 60.7 Å². The summed E-state index contributed by atoms with van der Waals surface area (Å²) in [6, 6.07) is 10.7. The fourth-order valence-electron chi connectivity index (χ4n) is 4.64. The highest BCUT2D eigenvalue weighted by atomic mass is 32.2. The number of halogens is 5. The number of nitrogens with one attached hydrogen (secondary N) is 5. The van der Waals surface area contributed by atoms with E-state index in [-0.39, 0.29) is 11.6 Å². The molecule has 5 rings (SSSR count). The maximum atomic E-state index is 15.2. The van der Waals surface area contributed by atoms with E-state index in [0.29, 0.717) is 72.0 Å². The van der Waals surface area contributed by atoms with Crippen molar-refractivity contribution in [2.24, 2.45) is 0 Å². The number of urea groups is 1. The second kappa shape index (κ2) is 14.7. The average molecular weight is 677 g/mol. The van der Waals surface area contributed by atoms with Crippen LogP contribution in [0, 0.1) is 16.4 Å². The molecule has 0 bridgehead atoms. The van der Waals surface area contributed by atoms with E-state index in [1.54, 1.807) is 24.3 Å². The molecule has 5 N–H and O–H groups in total. The summed E-state index contributed by atoms with van der Waals surface area (Å²) in [6.07, 6.45) is -3.29. The van der Waals surface area contributed by atoms with Gasteiger partial charge in [-0.1, -0.05) is 12.1 Å². The second-order valence-corrected chi connectivity index (χ2v) is 11.4. The minimum Gasteiger partial charge on any atom is -0.379 e. The molecule has 0 saturated carbocycles. The van der Waals surface area contributed by atoms with Gasteiger partial charge in [-0.25, -0.2) is 22.8 Å². The number of anilines is 5. The Kier molecular flexibility index (Phi) is 10.5. The average Bonchev–Trinajstić information content (AvgIpc) is 3.03. The fourth-order valence-corrected chi connectivity index (χ4v) is 5.12. The number of rotatable bonds is 10. The highest BCUT2D eigenvalue weighted by Gasteiger charge is 2.31. The molecule has 11 nitrogen and oxygen atoms in total. The van der Waals surface area contributed by atoms with Crippen LogP contribution >= 0.6 is 0 Å². The number of benzene rings is 3. The number of ether oxygens (including phenoxy) is 1. The lowest BCUT2D eigenvalue weighted by molar-refractivity contribution is -0.137. The summed E-state index contributed by atoms with van der Waals surface area (Å²) < 4.78 is 92.9. The summed E-state index contributed by atoms with van der Waals surface area (Å²) >= 11 is 0. The molecule has 1 atom stereocenters. The van der Waals surface area contributed by atoms with Crippen molar-refractivity contribution in [1.29, 1.82) is 4.78 Å². The molecule has 0 spiro atoms. The molecule has 17 heteroatoms. The summed E-state index contributed by atoms with van der Waals surface area (Å²) in [5, 5.41) is 10.4. The van der Waals surface area contributed by atoms with Crippen molar-refractivity contribution >= 4 is 45.5 Å².